The molecule has 0 spiro atoms. The Morgan fingerprint density at radius 1 is 1.11 bits per heavy atom. The summed E-state index contributed by atoms with van der Waals surface area (Å²) in [7, 11) is 2.16. The number of aromatic nitrogens is 3. The number of pyridine rings is 1. The Morgan fingerprint density at radius 3 is 2.61 bits per heavy atom. The van der Waals surface area contributed by atoms with Crippen LogP contribution in [-0.4, -0.2) is 70.8 Å². The number of nitrogens with one attached hydrogen (secondary N) is 2. The van der Waals surface area contributed by atoms with Gasteiger partial charge in [-0.25, -0.2) is 9.97 Å². The highest BCUT2D eigenvalue weighted by atomic mass is 16.1. The van der Waals surface area contributed by atoms with Crippen molar-refractivity contribution in [1.82, 2.24) is 25.2 Å². The molecule has 44 heavy (non-hydrogen) atoms. The van der Waals surface area contributed by atoms with E-state index in [2.05, 4.69) is 57.2 Å². The van der Waals surface area contributed by atoms with Crippen LogP contribution in [0.3, 0.4) is 0 Å². The van der Waals surface area contributed by atoms with E-state index in [1.54, 1.807) is 13.1 Å². The van der Waals surface area contributed by atoms with Crippen molar-refractivity contribution < 1.29 is 9.59 Å². The number of benzene rings is 1. The molecule has 2 aliphatic heterocycles. The minimum absolute atomic E-state index is 0.00344. The van der Waals surface area contributed by atoms with E-state index in [0.29, 0.717) is 29.6 Å². The molecule has 1 fully saturated rings. The number of hydrogen-bond acceptors (Lipinski definition) is 9. The number of Topliss-reactive ketones (excluding diaryl/α,β-unsaturated/α-hetero) is 1. The van der Waals surface area contributed by atoms with Gasteiger partial charge in [-0.2, -0.15) is 4.98 Å². The molecular weight excluding hydrogens is 552 g/mol. The second-order valence-electron chi connectivity index (χ2n) is 12.4. The lowest BCUT2D eigenvalue weighted by Gasteiger charge is -2.36. The van der Waals surface area contributed by atoms with Gasteiger partial charge in [-0.3, -0.25) is 14.5 Å². The van der Waals surface area contributed by atoms with E-state index in [-0.39, 0.29) is 11.7 Å². The van der Waals surface area contributed by atoms with Crippen molar-refractivity contribution in [1.29, 1.82) is 0 Å². The molecule has 0 unspecified atom stereocenters. The topological polar surface area (TPSA) is 107 Å². The third-order valence-electron chi connectivity index (χ3n) is 9.06. The quantitative estimate of drug-likeness (QED) is 0.258. The van der Waals surface area contributed by atoms with Crippen LogP contribution in [0, 0.1) is 0 Å². The average Bonchev–Trinajstić information content (AvgIpc) is 3.28. The molecular formula is C34H42N8O2. The average molecular weight is 595 g/mol. The normalized spacial score (nSPS) is 21.5. The number of carbonyl (C=O) groups excluding carboxylic acids is 2. The predicted octanol–water partition coefficient (Wildman–Crippen LogP) is 5.11. The third kappa shape index (κ3) is 5.91. The number of amides is 1. The van der Waals surface area contributed by atoms with Gasteiger partial charge < -0.3 is 20.4 Å². The van der Waals surface area contributed by atoms with Gasteiger partial charge in [0.1, 0.15) is 11.9 Å². The zero-order chi connectivity index (χ0) is 30.8. The van der Waals surface area contributed by atoms with Crippen molar-refractivity contribution in [3.8, 4) is 0 Å². The number of allylic oxidation sites excluding steroid dienone is 1. The van der Waals surface area contributed by atoms with Crippen molar-refractivity contribution in [2.24, 2.45) is 0 Å². The van der Waals surface area contributed by atoms with Gasteiger partial charge in [0, 0.05) is 50.7 Å². The number of hydrogen-bond donors (Lipinski definition) is 2. The molecule has 0 saturated carbocycles. The summed E-state index contributed by atoms with van der Waals surface area (Å²) in [6.45, 7) is 11.6. The minimum Gasteiger partial charge on any atom is -0.369 e. The fourth-order valence-corrected chi connectivity index (χ4v) is 6.72. The minimum atomic E-state index is -0.574. The first-order valence-electron chi connectivity index (χ1n) is 15.7. The van der Waals surface area contributed by atoms with Crippen LogP contribution in [0.1, 0.15) is 67.6 Å². The van der Waals surface area contributed by atoms with Crippen LogP contribution in [0.15, 0.2) is 55.3 Å². The summed E-state index contributed by atoms with van der Waals surface area (Å²) in [4.78, 5) is 47.2. The molecule has 10 nitrogen and oxygen atoms in total. The van der Waals surface area contributed by atoms with E-state index < -0.39 is 11.6 Å². The molecule has 1 amide bonds. The second kappa shape index (κ2) is 12.4. The van der Waals surface area contributed by atoms with Gasteiger partial charge in [0.25, 0.3) is 0 Å². The highest BCUT2D eigenvalue weighted by Crippen LogP contribution is 2.41. The Hall–Kier alpha value is -4.31. The van der Waals surface area contributed by atoms with Crippen molar-refractivity contribution >= 4 is 40.6 Å². The Balaban J connectivity index is 1.31. The lowest BCUT2D eigenvalue weighted by molar-refractivity contribution is -0.121. The summed E-state index contributed by atoms with van der Waals surface area (Å²) in [6, 6.07) is 11.9. The summed E-state index contributed by atoms with van der Waals surface area (Å²) in [5.74, 6) is 1.53. The van der Waals surface area contributed by atoms with Gasteiger partial charge in [0.2, 0.25) is 11.9 Å². The van der Waals surface area contributed by atoms with E-state index in [0.717, 1.165) is 75.2 Å². The van der Waals surface area contributed by atoms with Crippen LogP contribution in [0.5, 0.6) is 0 Å². The van der Waals surface area contributed by atoms with E-state index in [1.165, 1.54) is 5.69 Å². The largest absolute Gasteiger partial charge is 0.369 e. The molecule has 2 aromatic heterocycles. The zero-order valence-corrected chi connectivity index (χ0v) is 26.0. The van der Waals surface area contributed by atoms with Gasteiger partial charge >= 0.3 is 0 Å². The Bertz CT molecular complexity index is 1550. The number of rotatable bonds is 9. The summed E-state index contributed by atoms with van der Waals surface area (Å²) in [6.07, 6.45) is 8.46. The SMILES string of the molecule is C=CCCC[C@@H]1C(=O)c2cnc(Nc3ccc(N4CCN(C)CC4)cc3)nc2N1c1ccc2c(n1)[C@@](C)(NC(C)=O)CCC2. The molecule has 2 atom stereocenters. The van der Waals surface area contributed by atoms with Crippen LogP contribution >= 0.6 is 0 Å². The highest BCUT2D eigenvalue weighted by Gasteiger charge is 2.42. The summed E-state index contributed by atoms with van der Waals surface area (Å²) in [5, 5.41) is 6.48. The van der Waals surface area contributed by atoms with Crippen LogP contribution in [0.4, 0.5) is 29.0 Å². The lowest BCUT2D eigenvalue weighted by atomic mass is 9.81. The molecule has 0 bridgehead atoms. The highest BCUT2D eigenvalue weighted by molar-refractivity contribution is 6.11. The van der Waals surface area contributed by atoms with E-state index in [9.17, 15) is 9.59 Å². The fourth-order valence-electron chi connectivity index (χ4n) is 6.72. The Morgan fingerprint density at radius 2 is 1.89 bits per heavy atom. The van der Waals surface area contributed by atoms with Gasteiger partial charge in [-0.15, -0.1) is 6.58 Å². The second-order valence-corrected chi connectivity index (χ2v) is 12.4. The first-order valence-corrected chi connectivity index (χ1v) is 15.7. The maximum absolute atomic E-state index is 13.8. The summed E-state index contributed by atoms with van der Waals surface area (Å²) < 4.78 is 0. The smallest absolute Gasteiger partial charge is 0.229 e. The molecule has 4 heterocycles. The number of carbonyl (C=O) groups is 2. The molecule has 1 aliphatic carbocycles. The molecule has 1 saturated heterocycles. The van der Waals surface area contributed by atoms with Crippen LogP contribution < -0.4 is 20.4 Å². The third-order valence-corrected chi connectivity index (χ3v) is 9.06. The lowest BCUT2D eigenvalue weighted by Crippen LogP contribution is -2.45. The van der Waals surface area contributed by atoms with Gasteiger partial charge in [-0.05, 0) is 88.4 Å². The first kappa shape index (κ1) is 29.7. The maximum atomic E-state index is 13.8. The summed E-state index contributed by atoms with van der Waals surface area (Å²) >= 11 is 0. The molecule has 6 rings (SSSR count). The van der Waals surface area contributed by atoms with Gasteiger partial charge in [-0.1, -0.05) is 12.1 Å². The van der Waals surface area contributed by atoms with Crippen molar-refractivity contribution in [3.63, 3.8) is 0 Å². The molecule has 3 aromatic rings. The zero-order valence-electron chi connectivity index (χ0n) is 26.0. The van der Waals surface area contributed by atoms with Crippen LogP contribution in [0.2, 0.25) is 0 Å². The number of piperazine rings is 1. The number of likely N-dealkylation sites (N-methyl/N-ethyl adjacent to an activating group) is 1. The van der Waals surface area contributed by atoms with E-state index in [4.69, 9.17) is 9.97 Å². The van der Waals surface area contributed by atoms with Gasteiger partial charge in [0.15, 0.2) is 11.6 Å². The van der Waals surface area contributed by atoms with Crippen molar-refractivity contribution in [2.75, 3.05) is 48.3 Å². The van der Waals surface area contributed by atoms with Crippen LogP contribution in [0.25, 0.3) is 0 Å². The Kier molecular flexibility index (Phi) is 8.35. The van der Waals surface area contributed by atoms with Crippen molar-refractivity contribution in [2.45, 2.75) is 64.0 Å². The number of aryl methyl sites for hydroxylation is 1. The Labute approximate surface area is 259 Å². The number of nitrogens with zero attached hydrogens (tertiary/aromatic N) is 6. The first-order chi connectivity index (χ1) is 21.3. The fraction of sp³-hybridized carbons (Fsp3) is 0.441. The number of anilines is 5. The van der Waals surface area contributed by atoms with E-state index in [1.807, 2.05) is 36.1 Å². The summed E-state index contributed by atoms with van der Waals surface area (Å²) in [5.41, 5.74) is 3.97. The predicted molar refractivity (Wildman–Crippen MR) is 174 cm³/mol. The van der Waals surface area contributed by atoms with Crippen LogP contribution in [-0.2, 0) is 16.8 Å². The molecule has 2 N–H and O–H groups in total. The number of ketones is 1. The molecule has 230 valence electrons. The molecule has 3 aliphatic rings. The van der Waals surface area contributed by atoms with Crippen molar-refractivity contribution in [3.05, 3.63) is 72.1 Å². The standard InChI is InChI=1S/C34H42N8O2/c1-5-6-7-10-28-30(44)27-22-35-33(36-25-12-14-26(15-13-25)41-20-18-40(4)19-21-41)38-32(27)42(28)29-16-11-24-9-8-17-34(3,31(24)37-29)39-23(2)43/h5,11-16,22,28H,1,6-10,17-21H2,2-4H3,(H,39,43)(H,35,36,38)/t28-,34+/m1/s1. The molecule has 1 aromatic carbocycles. The number of unbranched alkanes of at least 4 members (excludes halogenated alkanes) is 1. The number of fused-ring (bicyclic) bond motifs is 2. The molecule has 0 radical (unpaired) electrons. The van der Waals surface area contributed by atoms with E-state index >= 15 is 0 Å². The van der Waals surface area contributed by atoms with Gasteiger partial charge in [0.05, 0.1) is 16.8 Å². The monoisotopic (exact) mass is 594 g/mol. The maximum Gasteiger partial charge on any atom is 0.229 e. The molecule has 10 heteroatoms.